The number of primary amides is 4. The van der Waals surface area contributed by atoms with Gasteiger partial charge in [-0.3, -0.25) is 86.9 Å². The van der Waals surface area contributed by atoms with Gasteiger partial charge < -0.3 is 123 Å². The van der Waals surface area contributed by atoms with Crippen molar-refractivity contribution in [1.82, 2.24) is 79.4 Å². The van der Waals surface area contributed by atoms with E-state index in [-0.39, 0.29) is 38.6 Å². The van der Waals surface area contributed by atoms with Crippen LogP contribution in [0.2, 0.25) is 0 Å². The minimum Gasteiger partial charge on any atom is -0.497 e. The van der Waals surface area contributed by atoms with Crippen molar-refractivity contribution in [2.75, 3.05) is 20.2 Å². The highest BCUT2D eigenvalue weighted by Crippen LogP contribution is 2.22. The number of carbonyl (C=O) groups is 18. The van der Waals surface area contributed by atoms with Crippen molar-refractivity contribution in [3.63, 3.8) is 0 Å². The number of guanidine groups is 1. The molecule has 42 heteroatoms. The Morgan fingerprint density at radius 1 is 0.602 bits per heavy atom. The van der Waals surface area contributed by atoms with Crippen molar-refractivity contribution in [3.05, 3.63) is 114 Å². The molecule has 1 aliphatic heterocycles. The zero-order valence-electron chi connectivity index (χ0n) is 65.3. The molecule has 2 heterocycles. The smallest absolute Gasteiger partial charge is 0.326 e. The molecule has 1 saturated heterocycles. The second-order valence-corrected chi connectivity index (χ2v) is 28.6. The van der Waals surface area contributed by atoms with Crippen LogP contribution in [0.5, 0.6) is 5.75 Å². The first kappa shape index (κ1) is 93.0. The fourth-order valence-electron chi connectivity index (χ4n) is 12.5. The monoisotopic (exact) mass is 1640 g/mol. The summed E-state index contributed by atoms with van der Waals surface area (Å²) in [7, 11) is 1.40. The number of amides is 17. The second-order valence-electron chi connectivity index (χ2n) is 28.6. The van der Waals surface area contributed by atoms with Crippen LogP contribution >= 0.6 is 0 Å². The molecule has 0 spiro atoms. The zero-order valence-corrected chi connectivity index (χ0v) is 65.3. The van der Waals surface area contributed by atoms with Crippen LogP contribution in [0.4, 0.5) is 0 Å². The maximum atomic E-state index is 15.4. The number of nitrogens with two attached hydrogens (primary N) is 5. The van der Waals surface area contributed by atoms with Gasteiger partial charge in [-0.25, -0.2) is 4.79 Å². The lowest BCUT2D eigenvalue weighted by Gasteiger charge is -2.31. The number of methoxy groups -OCH3 is 1. The molecule has 12 atom stereocenters. The van der Waals surface area contributed by atoms with Crippen LogP contribution in [0.3, 0.4) is 0 Å². The molecule has 118 heavy (non-hydrogen) atoms. The lowest BCUT2D eigenvalue weighted by Crippen LogP contribution is -2.64. The first-order valence-corrected chi connectivity index (χ1v) is 37.4. The van der Waals surface area contributed by atoms with E-state index in [1.165, 1.54) is 27.2 Å². The van der Waals surface area contributed by atoms with E-state index in [0.717, 1.165) is 19.2 Å². The van der Waals surface area contributed by atoms with Gasteiger partial charge in [-0.2, -0.15) is 0 Å². The summed E-state index contributed by atoms with van der Waals surface area (Å²) >= 11 is 0. The predicted molar refractivity (Wildman–Crippen MR) is 421 cm³/mol. The normalized spacial score (nSPS) is 21.4. The third kappa shape index (κ3) is 29.5. The number of aliphatic carboxylic acids is 1. The number of carboxylic acids is 1. The minimum absolute atomic E-state index is 0.0544. The number of ether oxygens (including phenoxy) is 1. The number of carboxylic acid groups (broad SMARTS) is 1. The van der Waals surface area contributed by atoms with E-state index in [0.29, 0.717) is 38.7 Å². The van der Waals surface area contributed by atoms with Crippen molar-refractivity contribution >= 4 is 134 Å². The summed E-state index contributed by atoms with van der Waals surface area (Å²) in [6.45, 7) is 3.82. The Bertz CT molecular complexity index is 4570. The first-order chi connectivity index (χ1) is 55.7. The maximum absolute atomic E-state index is 15.4. The average Bonchev–Trinajstić information content (AvgIpc) is 1.68. The molecule has 0 unspecified atom stereocenters. The molecule has 1 aromatic heterocycles. The van der Waals surface area contributed by atoms with E-state index >= 15 is 24.0 Å². The molecule has 1 aliphatic rings. The summed E-state index contributed by atoms with van der Waals surface area (Å²) in [5.74, 6) is -21.8. The predicted octanol–water partition coefficient (Wildman–Crippen LogP) is -6.47. The van der Waals surface area contributed by atoms with Gasteiger partial charge in [0, 0.05) is 62.8 Å². The largest absolute Gasteiger partial charge is 0.497 e. The topological polar surface area (TPSA) is 695 Å². The van der Waals surface area contributed by atoms with Gasteiger partial charge in [0.25, 0.3) is 0 Å². The number of fused-ring (bicyclic) bond motifs is 2. The number of aliphatic hydroxyl groups excluding tert-OH is 1. The molecule has 0 bridgehead atoms. The van der Waals surface area contributed by atoms with Gasteiger partial charge in [0.15, 0.2) is 5.96 Å². The van der Waals surface area contributed by atoms with E-state index in [4.69, 9.17) is 38.8 Å². The van der Waals surface area contributed by atoms with Crippen LogP contribution in [0.1, 0.15) is 109 Å². The number of hydrogen-bond donors (Lipinski definition) is 23. The molecule has 6 rings (SSSR count). The fourth-order valence-corrected chi connectivity index (χ4v) is 12.5. The molecule has 0 radical (unpaired) electrons. The molecular formula is C76H101N21O21. The number of nitrogens with one attached hydrogen (secondary N) is 16. The summed E-state index contributed by atoms with van der Waals surface area (Å²) in [6, 6.07) is 4.54. The summed E-state index contributed by atoms with van der Waals surface area (Å²) in [4.78, 5) is 253. The van der Waals surface area contributed by atoms with Gasteiger partial charge in [0.1, 0.15) is 77.7 Å². The van der Waals surface area contributed by atoms with Crippen molar-refractivity contribution in [2.24, 2.45) is 28.7 Å². The third-order valence-corrected chi connectivity index (χ3v) is 18.6. The van der Waals surface area contributed by atoms with Crippen LogP contribution in [0, 0.1) is 5.41 Å². The SMILES string of the molecule is COc1ccc(C[C@@H]2NC(=O)[C@H](CCCNC(=N)N)NC(=O)[C@H](CCC(N)=O)NC(=O)[C@H](Cc3c[nH]c4ccccc34)NC(=O)[C@H]([C@@H](C)O)NC(=O)[C@H](CC(N)=O)NC(=O)[C@@H](NC(C)=O)CC(=O)NCCC[C@H](C(=O)N[C@@H](CC(N)=O)C(=O)N[C@@H](CC(N)=O)C(=O)O)NC(=O)C(C)(C)NC(=O)[C@H](Cc3ccc4ccccc4c3)NC2=O)cc1. The zero-order chi connectivity index (χ0) is 87.3. The van der Waals surface area contributed by atoms with Gasteiger partial charge in [-0.15, -0.1) is 0 Å². The second kappa shape index (κ2) is 44.2. The van der Waals surface area contributed by atoms with Crippen LogP contribution < -0.4 is 108 Å². The quantitative estimate of drug-likeness (QED) is 0.0132. The van der Waals surface area contributed by atoms with Crippen LogP contribution in [-0.2, 0) is 106 Å². The van der Waals surface area contributed by atoms with E-state index < -0.39 is 248 Å². The van der Waals surface area contributed by atoms with Gasteiger partial charge in [-0.1, -0.05) is 72.8 Å². The van der Waals surface area contributed by atoms with Crippen LogP contribution in [-0.4, -0.2) is 226 Å². The summed E-state index contributed by atoms with van der Waals surface area (Å²) in [5, 5.41) is 64.8. The first-order valence-electron chi connectivity index (χ1n) is 37.4. The van der Waals surface area contributed by atoms with Crippen molar-refractivity contribution in [2.45, 2.75) is 189 Å². The Morgan fingerprint density at radius 2 is 1.15 bits per heavy atom. The number of carbonyl (C=O) groups excluding carboxylic acids is 17. The Morgan fingerprint density at radius 3 is 1.75 bits per heavy atom. The highest BCUT2D eigenvalue weighted by Gasteiger charge is 2.41. The maximum Gasteiger partial charge on any atom is 0.326 e. The molecule has 17 amide bonds. The molecule has 0 saturated carbocycles. The van der Waals surface area contributed by atoms with Gasteiger partial charge in [-0.05, 0) is 98.5 Å². The van der Waals surface area contributed by atoms with Crippen molar-refractivity contribution in [3.8, 4) is 5.75 Å². The molecule has 0 aliphatic carbocycles. The Kier molecular flexibility index (Phi) is 34.8. The van der Waals surface area contributed by atoms with Crippen LogP contribution in [0.25, 0.3) is 21.7 Å². The molecule has 28 N–H and O–H groups in total. The Labute approximate surface area is 675 Å². The number of aliphatic hydroxyl groups is 1. The minimum atomic E-state index is -2.16. The summed E-state index contributed by atoms with van der Waals surface area (Å²) in [5.41, 5.74) is 27.0. The van der Waals surface area contributed by atoms with E-state index in [9.17, 15) is 72.5 Å². The Hall–Kier alpha value is -13.8. The summed E-state index contributed by atoms with van der Waals surface area (Å²) < 4.78 is 5.37. The molecular weight excluding hydrogens is 1540 g/mol. The number of rotatable bonds is 27. The van der Waals surface area contributed by atoms with E-state index in [1.54, 1.807) is 84.9 Å². The number of aromatic nitrogens is 1. The third-order valence-electron chi connectivity index (χ3n) is 18.6. The number of benzene rings is 4. The van der Waals surface area contributed by atoms with Crippen molar-refractivity contribution < 1.29 is 101 Å². The standard InChI is InChI=1S/C76H101N21O21/c1-37(98)62-72(114)93-52(31-43-36-85-46-15-9-8-14-45(43)46)67(109)88-49(24-25-57(77)100)65(107)87-47(16-11-27-84-75(81)82)63(105)89-50(29-39-19-22-44(118-5)23-20-39)66(108)90-51(30-40-18-21-41-12-6-7-13-42(41)28-40)71(113)97-76(3,4)74(117)95-48(64(106)91-53(32-58(78)101)68(110)94-56(73(115)116)34-60(80)103)17-10-26-83-61(104)35-55(86-38(2)99)69(111)92-54(33-59(79)102)70(112)96-62/h6-9,12-15,18-23,28,36-37,47-56,62,85,98H,10-11,16-17,24-27,29-35H2,1-5H3,(H2,77,100)(H2,78,101)(H2,79,102)(H2,80,103)(H,83,104)(H,86,99)(H,87,107)(H,88,109)(H,89,105)(H,90,108)(H,91,106)(H,92,111)(H,93,114)(H,94,110)(H,95,117)(H,96,112)(H,97,113)(H,115,116)(H4,81,82,84)/t37-,47+,48-,49+,50+,51+,52+,53+,54+,55+,56+,62+/m1/s1. The lowest BCUT2D eigenvalue weighted by molar-refractivity contribution is -0.144. The van der Waals surface area contributed by atoms with E-state index in [2.05, 4.69) is 74.1 Å². The highest BCUT2D eigenvalue weighted by atomic mass is 16.5. The van der Waals surface area contributed by atoms with Gasteiger partial charge in [0.05, 0.1) is 38.9 Å². The van der Waals surface area contributed by atoms with Gasteiger partial charge in [0.2, 0.25) is 100 Å². The number of aromatic amines is 1. The molecule has 42 nitrogen and oxygen atoms in total. The molecule has 636 valence electrons. The number of hydrogen-bond acceptors (Lipinski definition) is 21. The fraction of sp³-hybridized carbons (Fsp3) is 0.434. The summed E-state index contributed by atoms with van der Waals surface area (Å²) in [6.07, 6.45) is -7.88. The van der Waals surface area contributed by atoms with Crippen LogP contribution in [0.15, 0.2) is 97.2 Å². The average molecular weight is 1640 g/mol. The van der Waals surface area contributed by atoms with Gasteiger partial charge >= 0.3 is 5.97 Å². The van der Waals surface area contributed by atoms with Crippen molar-refractivity contribution in [1.29, 1.82) is 5.41 Å². The number of para-hydroxylation sites is 1. The number of H-pyrrole nitrogens is 1. The highest BCUT2D eigenvalue weighted by molar-refractivity contribution is 6.03. The Balaban J connectivity index is 1.51. The molecule has 5 aromatic rings. The lowest BCUT2D eigenvalue weighted by atomic mass is 9.97. The molecule has 1 fully saturated rings. The molecule has 4 aromatic carbocycles. The van der Waals surface area contributed by atoms with E-state index in [1.807, 2.05) is 11.4 Å².